The number of hydrogen-bond acceptors (Lipinski definition) is 6. The van der Waals surface area contributed by atoms with Crippen LogP contribution in [0.4, 0.5) is 0 Å². The molecule has 0 unspecified atom stereocenters. The van der Waals surface area contributed by atoms with Gasteiger partial charge in [-0.1, -0.05) is 39.0 Å². The van der Waals surface area contributed by atoms with Gasteiger partial charge in [0.25, 0.3) is 11.5 Å². The third-order valence-electron chi connectivity index (χ3n) is 5.61. The van der Waals surface area contributed by atoms with Crippen LogP contribution in [0.15, 0.2) is 59.0 Å². The standard InChI is InChI=1S/C26H26N4O4/c1-26(2,3)19-7-9-20(10-8-19)34-23-21(25(32)30-11-5-4-6-22(30)28-23)16-18(17-27)24(31)29-12-14-33-15-13-29/h4-11,16H,12-15H2,1-3H3. The number of carbonyl (C=O) groups is 1. The van der Waals surface area contributed by atoms with Gasteiger partial charge >= 0.3 is 0 Å². The summed E-state index contributed by atoms with van der Waals surface area (Å²) in [7, 11) is 0. The average molecular weight is 459 g/mol. The van der Waals surface area contributed by atoms with Crippen LogP contribution in [0.2, 0.25) is 0 Å². The van der Waals surface area contributed by atoms with Crippen LogP contribution < -0.4 is 10.3 Å². The summed E-state index contributed by atoms with van der Waals surface area (Å²) in [6, 6.07) is 14.6. The molecule has 4 rings (SSSR count). The molecule has 1 saturated heterocycles. The Balaban J connectivity index is 1.78. The Bertz CT molecular complexity index is 1340. The van der Waals surface area contributed by atoms with Crippen LogP contribution in [0.25, 0.3) is 11.7 Å². The summed E-state index contributed by atoms with van der Waals surface area (Å²) >= 11 is 0. The second-order valence-electron chi connectivity index (χ2n) is 9.02. The van der Waals surface area contributed by atoms with Crippen molar-refractivity contribution in [2.24, 2.45) is 0 Å². The van der Waals surface area contributed by atoms with E-state index in [0.717, 1.165) is 5.56 Å². The summed E-state index contributed by atoms with van der Waals surface area (Å²) in [5.74, 6) is 0.0684. The molecule has 8 heteroatoms. The van der Waals surface area contributed by atoms with E-state index < -0.39 is 11.5 Å². The van der Waals surface area contributed by atoms with Crippen LogP contribution >= 0.6 is 0 Å². The molecule has 0 N–H and O–H groups in total. The van der Waals surface area contributed by atoms with Crippen LogP contribution in [0.3, 0.4) is 0 Å². The van der Waals surface area contributed by atoms with Gasteiger partial charge in [0.1, 0.15) is 28.6 Å². The minimum Gasteiger partial charge on any atom is -0.438 e. The highest BCUT2D eigenvalue weighted by molar-refractivity contribution is 6.02. The molecule has 1 aromatic carbocycles. The minimum absolute atomic E-state index is 0.0198. The normalized spacial score (nSPS) is 14.6. The van der Waals surface area contributed by atoms with E-state index in [4.69, 9.17) is 9.47 Å². The number of ether oxygens (including phenoxy) is 2. The summed E-state index contributed by atoms with van der Waals surface area (Å²) < 4.78 is 12.7. The Labute approximate surface area is 197 Å². The fourth-order valence-electron chi connectivity index (χ4n) is 3.64. The zero-order valence-corrected chi connectivity index (χ0v) is 19.4. The predicted octanol–water partition coefficient (Wildman–Crippen LogP) is 3.55. The number of morpholine rings is 1. The lowest BCUT2D eigenvalue weighted by Crippen LogP contribution is -2.41. The Hall–Kier alpha value is -3.96. The van der Waals surface area contributed by atoms with Crippen molar-refractivity contribution in [1.82, 2.24) is 14.3 Å². The van der Waals surface area contributed by atoms with Crippen LogP contribution in [0.1, 0.15) is 31.9 Å². The van der Waals surface area contributed by atoms with E-state index in [2.05, 4.69) is 25.8 Å². The minimum atomic E-state index is -0.455. The topological polar surface area (TPSA) is 96.9 Å². The van der Waals surface area contributed by atoms with E-state index in [1.807, 2.05) is 30.3 Å². The Kier molecular flexibility index (Phi) is 6.48. The van der Waals surface area contributed by atoms with Gasteiger partial charge in [0.05, 0.1) is 13.2 Å². The molecule has 174 valence electrons. The molecule has 0 atom stereocenters. The quantitative estimate of drug-likeness (QED) is 0.438. The molecule has 0 radical (unpaired) electrons. The van der Waals surface area contributed by atoms with Crippen molar-refractivity contribution in [3.8, 4) is 17.7 Å². The molecule has 8 nitrogen and oxygen atoms in total. The first-order valence-corrected chi connectivity index (χ1v) is 11.1. The van der Waals surface area contributed by atoms with Crippen molar-refractivity contribution >= 4 is 17.6 Å². The van der Waals surface area contributed by atoms with Gasteiger partial charge in [-0.3, -0.25) is 14.0 Å². The van der Waals surface area contributed by atoms with Gasteiger partial charge in [0.15, 0.2) is 0 Å². The number of rotatable bonds is 4. The van der Waals surface area contributed by atoms with Crippen molar-refractivity contribution in [3.05, 3.63) is 75.7 Å². The smallest absolute Gasteiger partial charge is 0.269 e. The van der Waals surface area contributed by atoms with E-state index in [-0.39, 0.29) is 22.4 Å². The highest BCUT2D eigenvalue weighted by Crippen LogP contribution is 2.28. The first-order chi connectivity index (χ1) is 16.3. The van der Waals surface area contributed by atoms with Crippen LogP contribution in [0, 0.1) is 11.3 Å². The van der Waals surface area contributed by atoms with Crippen molar-refractivity contribution < 1.29 is 14.3 Å². The number of nitriles is 1. The van der Waals surface area contributed by atoms with E-state index >= 15 is 0 Å². The number of amides is 1. The summed E-state index contributed by atoms with van der Waals surface area (Å²) in [5, 5.41) is 9.71. The van der Waals surface area contributed by atoms with Gasteiger partial charge in [-0.05, 0) is 41.3 Å². The van der Waals surface area contributed by atoms with E-state index in [1.165, 1.54) is 15.4 Å². The second-order valence-corrected chi connectivity index (χ2v) is 9.02. The lowest BCUT2D eigenvalue weighted by atomic mass is 9.87. The summed E-state index contributed by atoms with van der Waals surface area (Å²) in [6.07, 6.45) is 2.85. The maximum atomic E-state index is 13.3. The molecular weight excluding hydrogens is 432 g/mol. The van der Waals surface area contributed by atoms with E-state index in [9.17, 15) is 14.9 Å². The van der Waals surface area contributed by atoms with Crippen molar-refractivity contribution in [1.29, 1.82) is 5.26 Å². The number of fused-ring (bicyclic) bond motifs is 1. The number of nitrogens with zero attached hydrogens (tertiary/aromatic N) is 4. The van der Waals surface area contributed by atoms with Crippen LogP contribution in [-0.2, 0) is 14.9 Å². The van der Waals surface area contributed by atoms with Gasteiger partial charge in [0, 0.05) is 19.3 Å². The third kappa shape index (κ3) is 4.85. The molecule has 1 amide bonds. The first kappa shape index (κ1) is 23.2. The Morgan fingerprint density at radius 2 is 1.85 bits per heavy atom. The molecule has 1 aliphatic rings. The van der Waals surface area contributed by atoms with E-state index in [1.54, 1.807) is 24.4 Å². The Morgan fingerprint density at radius 3 is 2.50 bits per heavy atom. The highest BCUT2D eigenvalue weighted by Gasteiger charge is 2.23. The molecule has 3 heterocycles. The second kappa shape index (κ2) is 9.49. The Morgan fingerprint density at radius 1 is 1.15 bits per heavy atom. The zero-order valence-electron chi connectivity index (χ0n) is 19.4. The van der Waals surface area contributed by atoms with Crippen LogP contribution in [0.5, 0.6) is 11.6 Å². The third-order valence-corrected chi connectivity index (χ3v) is 5.61. The molecule has 34 heavy (non-hydrogen) atoms. The number of pyridine rings is 1. The van der Waals surface area contributed by atoms with Crippen molar-refractivity contribution in [3.63, 3.8) is 0 Å². The number of hydrogen-bond donors (Lipinski definition) is 0. The van der Waals surface area contributed by atoms with Gasteiger partial charge in [0.2, 0.25) is 5.88 Å². The molecule has 1 aliphatic heterocycles. The molecular formula is C26H26N4O4. The fourth-order valence-corrected chi connectivity index (χ4v) is 3.64. The molecule has 0 aliphatic carbocycles. The SMILES string of the molecule is CC(C)(C)c1ccc(Oc2nc3ccccn3c(=O)c2C=C(C#N)C(=O)N2CCOCC2)cc1. The predicted molar refractivity (Wildman–Crippen MR) is 128 cm³/mol. The van der Waals surface area contributed by atoms with Gasteiger partial charge in [-0.25, -0.2) is 0 Å². The number of aromatic nitrogens is 2. The lowest BCUT2D eigenvalue weighted by Gasteiger charge is -2.26. The average Bonchev–Trinajstić information content (AvgIpc) is 2.84. The number of carbonyl (C=O) groups excluding carboxylic acids is 1. The summed E-state index contributed by atoms with van der Waals surface area (Å²) in [4.78, 5) is 32.3. The zero-order chi connectivity index (χ0) is 24.3. The molecule has 1 fully saturated rings. The van der Waals surface area contributed by atoms with E-state index in [0.29, 0.717) is 37.7 Å². The first-order valence-electron chi connectivity index (χ1n) is 11.1. The van der Waals surface area contributed by atoms with Crippen molar-refractivity contribution in [2.75, 3.05) is 26.3 Å². The largest absolute Gasteiger partial charge is 0.438 e. The highest BCUT2D eigenvalue weighted by atomic mass is 16.5. The fraction of sp³-hybridized carbons (Fsp3) is 0.308. The molecule has 0 spiro atoms. The lowest BCUT2D eigenvalue weighted by molar-refractivity contribution is -0.130. The van der Waals surface area contributed by atoms with Crippen molar-refractivity contribution in [2.45, 2.75) is 26.2 Å². The maximum Gasteiger partial charge on any atom is 0.269 e. The van der Waals surface area contributed by atoms with Crippen LogP contribution in [-0.4, -0.2) is 46.5 Å². The van der Waals surface area contributed by atoms with Gasteiger partial charge in [-0.15, -0.1) is 0 Å². The molecule has 2 aromatic heterocycles. The molecule has 0 bridgehead atoms. The summed E-state index contributed by atoms with van der Waals surface area (Å²) in [5.41, 5.74) is 0.938. The molecule has 3 aromatic rings. The number of benzene rings is 1. The molecule has 0 saturated carbocycles. The van der Waals surface area contributed by atoms with Gasteiger partial charge in [-0.2, -0.15) is 10.2 Å². The maximum absolute atomic E-state index is 13.3. The monoisotopic (exact) mass is 458 g/mol. The van der Waals surface area contributed by atoms with Gasteiger partial charge < -0.3 is 14.4 Å². The summed E-state index contributed by atoms with van der Waals surface area (Å²) in [6.45, 7) is 7.94.